The highest BCUT2D eigenvalue weighted by molar-refractivity contribution is 5.82. The lowest BCUT2D eigenvalue weighted by atomic mass is 10.1. The highest BCUT2D eigenvalue weighted by atomic mass is 15.1. The molecule has 1 aliphatic rings. The number of hydrogen-bond donors (Lipinski definition) is 0. The predicted octanol–water partition coefficient (Wildman–Crippen LogP) is 3.53. The van der Waals surface area contributed by atoms with Crippen LogP contribution in [0.5, 0.6) is 0 Å². The Balaban J connectivity index is 2.08. The van der Waals surface area contributed by atoms with Crippen LogP contribution in [0.4, 0.5) is 0 Å². The summed E-state index contributed by atoms with van der Waals surface area (Å²) in [4.78, 5) is 4.87. The van der Waals surface area contributed by atoms with Crippen LogP contribution in [0.3, 0.4) is 0 Å². The van der Waals surface area contributed by atoms with Crippen molar-refractivity contribution in [2.75, 3.05) is 0 Å². The lowest BCUT2D eigenvalue weighted by Gasteiger charge is -2.05. The molecule has 0 atom stereocenters. The van der Waals surface area contributed by atoms with Crippen molar-refractivity contribution in [3.05, 3.63) is 41.6 Å². The molecule has 0 N–H and O–H groups in total. The van der Waals surface area contributed by atoms with Gasteiger partial charge in [-0.3, -0.25) is 0 Å². The molecule has 0 bridgehead atoms. The van der Waals surface area contributed by atoms with E-state index >= 15 is 0 Å². The van der Waals surface area contributed by atoms with Crippen molar-refractivity contribution in [1.82, 2.24) is 14.1 Å². The first-order valence-corrected chi connectivity index (χ1v) is 6.87. The van der Waals surface area contributed by atoms with E-state index in [-0.39, 0.29) is 0 Å². The molecule has 3 heterocycles. The van der Waals surface area contributed by atoms with Gasteiger partial charge in [0.25, 0.3) is 0 Å². The molecular formula is C16H17N3. The first kappa shape index (κ1) is 10.9. The Labute approximate surface area is 112 Å². The quantitative estimate of drug-likeness (QED) is 0.599. The Hall–Kier alpha value is -2.03. The normalized spacial score (nSPS) is 14.2. The lowest BCUT2D eigenvalue weighted by molar-refractivity contribution is 0.604. The number of fused-ring (bicyclic) bond motifs is 5. The molecule has 3 aromatic rings. The number of hydrogen-bond acceptors (Lipinski definition) is 1. The molecule has 4 rings (SSSR count). The summed E-state index contributed by atoms with van der Waals surface area (Å²) in [5, 5.41) is 0. The van der Waals surface area contributed by atoms with E-state index in [1.807, 2.05) is 0 Å². The zero-order valence-corrected chi connectivity index (χ0v) is 11.3. The van der Waals surface area contributed by atoms with E-state index in [0.29, 0.717) is 0 Å². The average molecular weight is 251 g/mol. The zero-order chi connectivity index (χ0) is 13.0. The van der Waals surface area contributed by atoms with Crippen molar-refractivity contribution < 1.29 is 0 Å². The number of nitrogens with zero attached hydrogens (tertiary/aromatic N) is 3. The number of imidazole rings is 1. The SMILES string of the molecule is Cc1cc2nc3n(c2cc1C)CCCn1cccc1-3. The standard InChI is InChI=1S/C16H17N3/c1-11-9-13-15(10-12(11)2)19-8-4-7-18-6-3-5-14(18)16(19)17-13/h3,5-6,9-10H,4,7-8H2,1-2H3. The number of aromatic nitrogens is 3. The Kier molecular flexibility index (Phi) is 2.13. The summed E-state index contributed by atoms with van der Waals surface area (Å²) in [6, 6.07) is 8.77. The molecule has 2 aromatic heterocycles. The van der Waals surface area contributed by atoms with Crippen molar-refractivity contribution in [1.29, 1.82) is 0 Å². The van der Waals surface area contributed by atoms with Crippen LogP contribution in [-0.4, -0.2) is 14.1 Å². The Morgan fingerprint density at radius 3 is 2.84 bits per heavy atom. The van der Waals surface area contributed by atoms with Crippen LogP contribution >= 0.6 is 0 Å². The minimum atomic E-state index is 1.05. The van der Waals surface area contributed by atoms with Gasteiger partial charge in [0.15, 0.2) is 5.82 Å². The molecule has 1 aliphatic heterocycles. The number of rotatable bonds is 0. The van der Waals surface area contributed by atoms with E-state index in [2.05, 4.69) is 53.4 Å². The second-order valence-corrected chi connectivity index (χ2v) is 5.45. The molecule has 0 radical (unpaired) electrons. The minimum absolute atomic E-state index is 1.05. The fraction of sp³-hybridized carbons (Fsp3) is 0.312. The van der Waals surface area contributed by atoms with E-state index in [9.17, 15) is 0 Å². The van der Waals surface area contributed by atoms with E-state index in [4.69, 9.17) is 4.98 Å². The second-order valence-electron chi connectivity index (χ2n) is 5.45. The summed E-state index contributed by atoms with van der Waals surface area (Å²) in [7, 11) is 0. The molecule has 0 unspecified atom stereocenters. The monoisotopic (exact) mass is 251 g/mol. The van der Waals surface area contributed by atoms with Gasteiger partial charge in [0.2, 0.25) is 0 Å². The average Bonchev–Trinajstić information content (AvgIpc) is 2.93. The van der Waals surface area contributed by atoms with Gasteiger partial charge < -0.3 is 9.13 Å². The number of aryl methyl sites for hydroxylation is 4. The summed E-state index contributed by atoms with van der Waals surface area (Å²) in [5.74, 6) is 1.11. The van der Waals surface area contributed by atoms with Crippen LogP contribution in [0.1, 0.15) is 17.5 Å². The molecule has 3 heteroatoms. The topological polar surface area (TPSA) is 22.8 Å². The van der Waals surface area contributed by atoms with Crippen molar-refractivity contribution in [2.24, 2.45) is 0 Å². The van der Waals surface area contributed by atoms with Crippen LogP contribution in [0.2, 0.25) is 0 Å². The molecule has 3 nitrogen and oxygen atoms in total. The van der Waals surface area contributed by atoms with Gasteiger partial charge in [-0.05, 0) is 55.7 Å². The fourth-order valence-corrected chi connectivity index (χ4v) is 3.01. The maximum atomic E-state index is 4.87. The Bertz CT molecular complexity index is 777. The van der Waals surface area contributed by atoms with Gasteiger partial charge in [-0.15, -0.1) is 0 Å². The van der Waals surface area contributed by atoms with Crippen molar-refractivity contribution >= 4 is 11.0 Å². The number of benzene rings is 1. The molecular weight excluding hydrogens is 234 g/mol. The van der Waals surface area contributed by atoms with E-state index in [1.165, 1.54) is 22.3 Å². The summed E-state index contributed by atoms with van der Waals surface area (Å²) >= 11 is 0. The summed E-state index contributed by atoms with van der Waals surface area (Å²) in [6.07, 6.45) is 3.31. The third kappa shape index (κ3) is 1.47. The lowest BCUT2D eigenvalue weighted by Crippen LogP contribution is -1.98. The first-order valence-electron chi connectivity index (χ1n) is 6.87. The first-order chi connectivity index (χ1) is 9.24. The molecule has 0 saturated heterocycles. The van der Waals surface area contributed by atoms with Crippen LogP contribution in [0.25, 0.3) is 22.6 Å². The molecule has 1 aromatic carbocycles. The van der Waals surface area contributed by atoms with Crippen LogP contribution < -0.4 is 0 Å². The van der Waals surface area contributed by atoms with Gasteiger partial charge >= 0.3 is 0 Å². The highest BCUT2D eigenvalue weighted by Crippen LogP contribution is 2.29. The van der Waals surface area contributed by atoms with Gasteiger partial charge in [0.1, 0.15) is 0 Å². The van der Waals surface area contributed by atoms with Crippen molar-refractivity contribution in [3.63, 3.8) is 0 Å². The van der Waals surface area contributed by atoms with Crippen molar-refractivity contribution in [3.8, 4) is 11.5 Å². The van der Waals surface area contributed by atoms with E-state index < -0.39 is 0 Å². The zero-order valence-electron chi connectivity index (χ0n) is 11.3. The molecule has 0 fully saturated rings. The van der Waals surface area contributed by atoms with E-state index in [0.717, 1.165) is 30.9 Å². The van der Waals surface area contributed by atoms with Crippen LogP contribution in [0, 0.1) is 13.8 Å². The second kappa shape index (κ2) is 3.73. The van der Waals surface area contributed by atoms with Gasteiger partial charge in [-0.2, -0.15) is 0 Å². The maximum absolute atomic E-state index is 4.87. The van der Waals surface area contributed by atoms with Gasteiger partial charge in [0.05, 0.1) is 16.7 Å². The summed E-state index contributed by atoms with van der Waals surface area (Å²) < 4.78 is 4.69. The smallest absolute Gasteiger partial charge is 0.157 e. The molecule has 96 valence electrons. The summed E-state index contributed by atoms with van der Waals surface area (Å²) in [6.45, 7) is 6.46. The minimum Gasteiger partial charge on any atom is -0.345 e. The molecule has 19 heavy (non-hydrogen) atoms. The highest BCUT2D eigenvalue weighted by Gasteiger charge is 2.18. The third-order valence-electron chi connectivity index (χ3n) is 4.20. The fourth-order valence-electron chi connectivity index (χ4n) is 3.01. The van der Waals surface area contributed by atoms with Crippen LogP contribution in [-0.2, 0) is 13.1 Å². The van der Waals surface area contributed by atoms with E-state index in [1.54, 1.807) is 0 Å². The largest absolute Gasteiger partial charge is 0.345 e. The third-order valence-corrected chi connectivity index (χ3v) is 4.20. The van der Waals surface area contributed by atoms with Gasteiger partial charge in [-0.1, -0.05) is 0 Å². The molecule has 0 spiro atoms. The molecule has 0 saturated carbocycles. The Morgan fingerprint density at radius 1 is 1.11 bits per heavy atom. The van der Waals surface area contributed by atoms with Gasteiger partial charge in [0, 0.05) is 19.3 Å². The van der Waals surface area contributed by atoms with Crippen molar-refractivity contribution in [2.45, 2.75) is 33.4 Å². The molecule has 0 amide bonds. The van der Waals surface area contributed by atoms with Gasteiger partial charge in [-0.25, -0.2) is 4.98 Å². The van der Waals surface area contributed by atoms with Crippen LogP contribution in [0.15, 0.2) is 30.5 Å². The predicted molar refractivity (Wildman–Crippen MR) is 77.3 cm³/mol. The Morgan fingerprint density at radius 2 is 1.95 bits per heavy atom. The summed E-state index contributed by atoms with van der Waals surface area (Å²) in [5.41, 5.74) is 6.29. The maximum Gasteiger partial charge on any atom is 0.157 e. The molecule has 0 aliphatic carbocycles.